The largest absolute Gasteiger partial charge is 0.462 e. The molecule has 0 radical (unpaired) electrons. The number of nitrogens with one attached hydrogen (secondary N) is 1. The molecule has 1 aliphatic heterocycles. The fourth-order valence-electron chi connectivity index (χ4n) is 1.60. The Hall–Kier alpha value is -1.35. The molecule has 0 saturated carbocycles. The lowest BCUT2D eigenvalue weighted by atomic mass is 10.1. The van der Waals surface area contributed by atoms with E-state index in [0.717, 1.165) is 5.56 Å². The van der Waals surface area contributed by atoms with E-state index in [1.54, 1.807) is 0 Å². The number of hydrogen-bond acceptors (Lipinski definition) is 3. The summed E-state index contributed by atoms with van der Waals surface area (Å²) in [5.74, 6) is -0.154. The van der Waals surface area contributed by atoms with Crippen molar-refractivity contribution < 1.29 is 9.53 Å². The van der Waals surface area contributed by atoms with E-state index in [2.05, 4.69) is 5.32 Å². The molecule has 0 aromatic heterocycles. The third-order valence-electron chi connectivity index (χ3n) is 2.35. The molecule has 1 saturated heterocycles. The predicted octanol–water partition coefficient (Wildman–Crippen LogP) is 1.65. The second-order valence-corrected chi connectivity index (χ2v) is 4.02. The van der Waals surface area contributed by atoms with E-state index in [-0.39, 0.29) is 24.2 Å². The summed E-state index contributed by atoms with van der Waals surface area (Å²) in [6.07, 6.45) is -0.0451. The summed E-state index contributed by atoms with van der Waals surface area (Å²) in [5.41, 5.74) is 1.14. The minimum absolute atomic E-state index is 0.0451. The zero-order valence-electron chi connectivity index (χ0n) is 8.94. The van der Waals surface area contributed by atoms with Gasteiger partial charge >= 0.3 is 5.97 Å². The Morgan fingerprint density at radius 2 is 2.00 bits per heavy atom. The number of rotatable bonds is 3. The minimum Gasteiger partial charge on any atom is -0.462 e. The molecule has 0 aliphatic carbocycles. The van der Waals surface area contributed by atoms with Gasteiger partial charge in [-0.15, -0.1) is 0 Å². The molecule has 3 heteroatoms. The van der Waals surface area contributed by atoms with Crippen molar-refractivity contribution in [1.29, 1.82) is 0 Å². The van der Waals surface area contributed by atoms with Crippen LogP contribution in [0.15, 0.2) is 30.3 Å². The van der Waals surface area contributed by atoms with Gasteiger partial charge in [0.2, 0.25) is 0 Å². The van der Waals surface area contributed by atoms with Crippen LogP contribution in [0.1, 0.15) is 25.5 Å². The zero-order chi connectivity index (χ0) is 10.8. The van der Waals surface area contributed by atoms with E-state index in [9.17, 15) is 4.79 Å². The van der Waals surface area contributed by atoms with Crippen molar-refractivity contribution in [3.05, 3.63) is 35.9 Å². The Labute approximate surface area is 89.4 Å². The maximum Gasteiger partial charge on any atom is 0.325 e. The molecule has 1 aromatic rings. The quantitative estimate of drug-likeness (QED) is 0.603. The van der Waals surface area contributed by atoms with Crippen molar-refractivity contribution >= 4 is 5.97 Å². The third kappa shape index (κ3) is 2.36. The summed E-state index contributed by atoms with van der Waals surface area (Å²) in [5, 5.41) is 3.12. The van der Waals surface area contributed by atoms with Crippen LogP contribution >= 0.6 is 0 Å². The lowest BCUT2D eigenvalue weighted by Gasteiger charge is -2.06. The molecule has 80 valence electrons. The van der Waals surface area contributed by atoms with Crippen LogP contribution in [0.4, 0.5) is 0 Å². The molecule has 15 heavy (non-hydrogen) atoms. The summed E-state index contributed by atoms with van der Waals surface area (Å²) in [7, 11) is 0. The first-order chi connectivity index (χ1) is 7.18. The van der Waals surface area contributed by atoms with E-state index in [0.29, 0.717) is 0 Å². The van der Waals surface area contributed by atoms with Crippen LogP contribution in [-0.2, 0) is 9.53 Å². The molecule has 1 fully saturated rings. The van der Waals surface area contributed by atoms with Crippen LogP contribution in [0.25, 0.3) is 0 Å². The second kappa shape index (κ2) is 4.03. The monoisotopic (exact) mass is 205 g/mol. The van der Waals surface area contributed by atoms with Crippen LogP contribution in [-0.4, -0.2) is 18.1 Å². The number of carbonyl (C=O) groups is 1. The van der Waals surface area contributed by atoms with Crippen LogP contribution in [0.2, 0.25) is 0 Å². The summed E-state index contributed by atoms with van der Waals surface area (Å²) >= 11 is 0. The summed E-state index contributed by atoms with van der Waals surface area (Å²) in [6.45, 7) is 3.72. The van der Waals surface area contributed by atoms with Crippen molar-refractivity contribution in [2.75, 3.05) is 0 Å². The summed E-state index contributed by atoms with van der Waals surface area (Å²) in [6, 6.07) is 9.92. The van der Waals surface area contributed by atoms with Crippen molar-refractivity contribution in [3.63, 3.8) is 0 Å². The van der Waals surface area contributed by atoms with Crippen LogP contribution in [0.5, 0.6) is 0 Å². The number of benzene rings is 1. The molecule has 0 spiro atoms. The van der Waals surface area contributed by atoms with Crippen LogP contribution in [0.3, 0.4) is 0 Å². The Kier molecular flexibility index (Phi) is 2.73. The summed E-state index contributed by atoms with van der Waals surface area (Å²) < 4.78 is 5.12. The van der Waals surface area contributed by atoms with Crippen molar-refractivity contribution in [2.24, 2.45) is 0 Å². The first kappa shape index (κ1) is 10.2. The van der Waals surface area contributed by atoms with Gasteiger partial charge in [-0.05, 0) is 19.4 Å². The first-order valence-electron chi connectivity index (χ1n) is 5.20. The van der Waals surface area contributed by atoms with Gasteiger partial charge in [-0.25, -0.2) is 0 Å². The van der Waals surface area contributed by atoms with Gasteiger partial charge in [-0.2, -0.15) is 0 Å². The molecule has 0 bridgehead atoms. The van der Waals surface area contributed by atoms with Crippen molar-refractivity contribution in [3.8, 4) is 0 Å². The van der Waals surface area contributed by atoms with Gasteiger partial charge in [-0.1, -0.05) is 30.3 Å². The van der Waals surface area contributed by atoms with Gasteiger partial charge in [0.1, 0.15) is 6.04 Å². The molecule has 2 rings (SSSR count). The predicted molar refractivity (Wildman–Crippen MR) is 57.3 cm³/mol. The van der Waals surface area contributed by atoms with E-state index in [1.807, 2.05) is 44.2 Å². The van der Waals surface area contributed by atoms with E-state index in [1.165, 1.54) is 0 Å². The number of esters is 1. The molecule has 1 aromatic carbocycles. The van der Waals surface area contributed by atoms with Gasteiger partial charge in [0.05, 0.1) is 12.1 Å². The average molecular weight is 205 g/mol. The van der Waals surface area contributed by atoms with Gasteiger partial charge in [-0.3, -0.25) is 10.1 Å². The Balaban J connectivity index is 1.94. The molecule has 0 amide bonds. The highest BCUT2D eigenvalue weighted by molar-refractivity contribution is 5.80. The molecule has 1 heterocycles. The number of carbonyl (C=O) groups excluding carboxylic acids is 1. The fourth-order valence-corrected chi connectivity index (χ4v) is 1.60. The Morgan fingerprint density at radius 1 is 1.33 bits per heavy atom. The number of ether oxygens (including phenoxy) is 1. The molecule has 1 N–H and O–H groups in total. The van der Waals surface area contributed by atoms with E-state index in [4.69, 9.17) is 4.74 Å². The van der Waals surface area contributed by atoms with Crippen LogP contribution < -0.4 is 5.32 Å². The minimum atomic E-state index is -0.158. The van der Waals surface area contributed by atoms with E-state index < -0.39 is 0 Å². The standard InChI is InChI=1S/C12H15NO2/c1-8(2)15-12(14)11-10(13-11)9-6-4-3-5-7-9/h3-8,10-11,13H,1-2H3/t10-,11-/m1/s1. The fraction of sp³-hybridized carbons (Fsp3) is 0.417. The Morgan fingerprint density at radius 3 is 2.60 bits per heavy atom. The maximum atomic E-state index is 11.5. The smallest absolute Gasteiger partial charge is 0.325 e. The molecule has 2 atom stereocenters. The van der Waals surface area contributed by atoms with Crippen molar-refractivity contribution in [2.45, 2.75) is 32.0 Å². The molecular weight excluding hydrogens is 190 g/mol. The normalized spacial score (nSPS) is 23.9. The summed E-state index contributed by atoms with van der Waals surface area (Å²) in [4.78, 5) is 11.5. The topological polar surface area (TPSA) is 48.2 Å². The highest BCUT2D eigenvalue weighted by Crippen LogP contribution is 2.30. The second-order valence-electron chi connectivity index (χ2n) is 4.02. The first-order valence-corrected chi connectivity index (χ1v) is 5.20. The number of hydrogen-bond donors (Lipinski definition) is 1. The lowest BCUT2D eigenvalue weighted by molar-refractivity contribution is -0.146. The zero-order valence-corrected chi connectivity index (χ0v) is 8.94. The van der Waals surface area contributed by atoms with Crippen molar-refractivity contribution in [1.82, 2.24) is 5.32 Å². The van der Waals surface area contributed by atoms with Crippen LogP contribution in [0, 0.1) is 0 Å². The molecule has 3 nitrogen and oxygen atoms in total. The van der Waals surface area contributed by atoms with Gasteiger partial charge in [0.15, 0.2) is 0 Å². The van der Waals surface area contributed by atoms with Gasteiger partial charge in [0, 0.05) is 0 Å². The van der Waals surface area contributed by atoms with Gasteiger partial charge < -0.3 is 4.74 Å². The highest BCUT2D eigenvalue weighted by Gasteiger charge is 2.44. The maximum absolute atomic E-state index is 11.5. The molecule has 0 unspecified atom stereocenters. The molecular formula is C12H15NO2. The van der Waals surface area contributed by atoms with Gasteiger partial charge in [0.25, 0.3) is 0 Å². The lowest BCUT2D eigenvalue weighted by Crippen LogP contribution is -2.18. The Bertz CT molecular complexity index is 348. The highest BCUT2D eigenvalue weighted by atomic mass is 16.5. The third-order valence-corrected chi connectivity index (χ3v) is 2.35. The SMILES string of the molecule is CC(C)OC(=O)[C@@H]1N[C@@H]1c1ccccc1. The molecule has 1 aliphatic rings. The van der Waals surface area contributed by atoms with E-state index >= 15 is 0 Å². The average Bonchev–Trinajstić information content (AvgIpc) is 2.97.